The van der Waals surface area contributed by atoms with E-state index in [1.54, 1.807) is 12.1 Å². The number of carboxylic acid groups (broad SMARTS) is 1. The van der Waals surface area contributed by atoms with Crippen LogP contribution in [0.1, 0.15) is 20.8 Å². The predicted molar refractivity (Wildman–Crippen MR) is 70.0 cm³/mol. The number of hydrogen-bond donors (Lipinski definition) is 3. The Morgan fingerprint density at radius 2 is 1.84 bits per heavy atom. The average molecular weight is 257 g/mol. The van der Waals surface area contributed by atoms with Crippen LogP contribution in [0.25, 0.3) is 0 Å². The first-order chi connectivity index (χ1) is 9.08. The van der Waals surface area contributed by atoms with Crippen molar-refractivity contribution in [2.24, 2.45) is 0 Å². The first-order valence-electron chi connectivity index (χ1n) is 5.43. The summed E-state index contributed by atoms with van der Waals surface area (Å²) in [6, 6.07) is 9.02. The molecular formula is C13H11N3O3. The SMILES string of the molecule is Nc1cccnc1C(=O)Nc1ccc(C(=O)O)cc1. The summed E-state index contributed by atoms with van der Waals surface area (Å²) >= 11 is 0. The van der Waals surface area contributed by atoms with E-state index in [1.807, 2.05) is 0 Å². The molecule has 0 aliphatic rings. The van der Waals surface area contributed by atoms with E-state index in [0.717, 1.165) is 0 Å². The van der Waals surface area contributed by atoms with Gasteiger partial charge in [-0.05, 0) is 36.4 Å². The van der Waals surface area contributed by atoms with Crippen molar-refractivity contribution in [1.29, 1.82) is 0 Å². The molecular weight excluding hydrogens is 246 g/mol. The molecule has 1 heterocycles. The van der Waals surface area contributed by atoms with Crippen molar-refractivity contribution in [2.45, 2.75) is 0 Å². The fraction of sp³-hybridized carbons (Fsp3) is 0. The number of nitrogen functional groups attached to an aromatic ring is 1. The minimum Gasteiger partial charge on any atom is -0.478 e. The first kappa shape index (κ1) is 12.6. The molecule has 1 aromatic heterocycles. The molecule has 2 rings (SSSR count). The van der Waals surface area contributed by atoms with Crippen LogP contribution >= 0.6 is 0 Å². The number of carbonyl (C=O) groups is 2. The standard InChI is InChI=1S/C13H11N3O3/c14-10-2-1-7-15-11(10)12(17)16-9-5-3-8(4-6-9)13(18)19/h1-7H,14H2,(H,16,17)(H,18,19). The van der Waals surface area contributed by atoms with Gasteiger partial charge in [0.05, 0.1) is 11.3 Å². The average Bonchev–Trinajstić information content (AvgIpc) is 2.39. The third-order valence-corrected chi connectivity index (χ3v) is 2.44. The van der Waals surface area contributed by atoms with Gasteiger partial charge in [-0.25, -0.2) is 9.78 Å². The highest BCUT2D eigenvalue weighted by Gasteiger charge is 2.11. The number of anilines is 2. The summed E-state index contributed by atoms with van der Waals surface area (Å²) in [6.45, 7) is 0. The number of rotatable bonds is 3. The van der Waals surface area contributed by atoms with E-state index in [9.17, 15) is 9.59 Å². The van der Waals surface area contributed by atoms with Crippen LogP contribution in [-0.4, -0.2) is 22.0 Å². The van der Waals surface area contributed by atoms with Gasteiger partial charge in [0.1, 0.15) is 0 Å². The molecule has 2 aromatic rings. The second-order valence-corrected chi connectivity index (χ2v) is 3.78. The molecule has 6 nitrogen and oxygen atoms in total. The van der Waals surface area contributed by atoms with Crippen LogP contribution in [0.4, 0.5) is 11.4 Å². The van der Waals surface area contributed by atoms with Crippen molar-refractivity contribution in [3.8, 4) is 0 Å². The van der Waals surface area contributed by atoms with Crippen molar-refractivity contribution in [1.82, 2.24) is 4.98 Å². The number of carbonyl (C=O) groups excluding carboxylic acids is 1. The number of carboxylic acids is 1. The van der Waals surface area contributed by atoms with Crippen LogP contribution in [0.3, 0.4) is 0 Å². The molecule has 96 valence electrons. The lowest BCUT2D eigenvalue weighted by molar-refractivity contribution is 0.0696. The molecule has 1 amide bonds. The van der Waals surface area contributed by atoms with Crippen molar-refractivity contribution < 1.29 is 14.7 Å². The lowest BCUT2D eigenvalue weighted by atomic mass is 10.2. The Kier molecular flexibility index (Phi) is 3.42. The number of aromatic carboxylic acids is 1. The Labute approximate surface area is 108 Å². The molecule has 0 spiro atoms. The highest BCUT2D eigenvalue weighted by Crippen LogP contribution is 2.13. The first-order valence-corrected chi connectivity index (χ1v) is 5.43. The van der Waals surface area contributed by atoms with Crippen LogP contribution in [-0.2, 0) is 0 Å². The van der Waals surface area contributed by atoms with Gasteiger partial charge in [-0.2, -0.15) is 0 Å². The summed E-state index contributed by atoms with van der Waals surface area (Å²) in [6.07, 6.45) is 1.47. The lowest BCUT2D eigenvalue weighted by Gasteiger charge is -2.06. The van der Waals surface area contributed by atoms with E-state index < -0.39 is 11.9 Å². The molecule has 0 bridgehead atoms. The maximum absolute atomic E-state index is 11.9. The largest absolute Gasteiger partial charge is 0.478 e. The molecule has 0 saturated carbocycles. The Morgan fingerprint density at radius 1 is 1.16 bits per heavy atom. The maximum atomic E-state index is 11.9. The molecule has 0 unspecified atom stereocenters. The summed E-state index contributed by atoms with van der Waals surface area (Å²) in [5.74, 6) is -1.46. The third kappa shape index (κ3) is 2.86. The highest BCUT2D eigenvalue weighted by molar-refractivity contribution is 6.06. The minimum absolute atomic E-state index is 0.129. The van der Waals surface area contributed by atoms with Gasteiger partial charge in [-0.15, -0.1) is 0 Å². The minimum atomic E-state index is -1.02. The number of amides is 1. The van der Waals surface area contributed by atoms with Crippen LogP contribution in [0.2, 0.25) is 0 Å². The van der Waals surface area contributed by atoms with Crippen LogP contribution < -0.4 is 11.1 Å². The zero-order chi connectivity index (χ0) is 13.8. The second-order valence-electron chi connectivity index (χ2n) is 3.78. The maximum Gasteiger partial charge on any atom is 0.335 e. The predicted octanol–water partition coefficient (Wildman–Crippen LogP) is 1.61. The fourth-order valence-electron chi connectivity index (χ4n) is 1.49. The molecule has 0 aliphatic carbocycles. The van der Waals surface area contributed by atoms with E-state index in [1.165, 1.54) is 30.5 Å². The van der Waals surface area contributed by atoms with Gasteiger partial charge in [0.2, 0.25) is 0 Å². The Hall–Kier alpha value is -2.89. The van der Waals surface area contributed by atoms with Gasteiger partial charge in [-0.3, -0.25) is 4.79 Å². The van der Waals surface area contributed by atoms with Gasteiger partial charge in [0.15, 0.2) is 5.69 Å². The fourth-order valence-corrected chi connectivity index (χ4v) is 1.49. The normalized spacial score (nSPS) is 9.89. The summed E-state index contributed by atoms with van der Waals surface area (Å²) in [4.78, 5) is 26.5. The molecule has 0 atom stereocenters. The topological polar surface area (TPSA) is 105 Å². The number of nitrogens with one attached hydrogen (secondary N) is 1. The molecule has 0 saturated heterocycles. The smallest absolute Gasteiger partial charge is 0.335 e. The molecule has 6 heteroatoms. The quantitative estimate of drug-likeness (QED) is 0.774. The lowest BCUT2D eigenvalue weighted by Crippen LogP contribution is -2.15. The Morgan fingerprint density at radius 3 is 2.42 bits per heavy atom. The van der Waals surface area contributed by atoms with Gasteiger partial charge >= 0.3 is 5.97 Å². The molecule has 4 N–H and O–H groups in total. The zero-order valence-electron chi connectivity index (χ0n) is 9.83. The molecule has 0 fully saturated rings. The summed E-state index contributed by atoms with van der Waals surface area (Å²) in [7, 11) is 0. The summed E-state index contributed by atoms with van der Waals surface area (Å²) < 4.78 is 0. The number of benzene rings is 1. The number of pyridine rings is 1. The summed E-state index contributed by atoms with van der Waals surface area (Å²) in [5, 5.41) is 11.3. The number of hydrogen-bond acceptors (Lipinski definition) is 4. The van der Waals surface area contributed by atoms with E-state index in [2.05, 4.69) is 10.3 Å². The van der Waals surface area contributed by atoms with Crippen LogP contribution in [0.5, 0.6) is 0 Å². The number of nitrogens with two attached hydrogens (primary N) is 1. The Balaban J connectivity index is 2.15. The molecule has 19 heavy (non-hydrogen) atoms. The van der Waals surface area contributed by atoms with Crippen LogP contribution in [0.15, 0.2) is 42.6 Å². The van der Waals surface area contributed by atoms with Crippen LogP contribution in [0, 0.1) is 0 Å². The van der Waals surface area contributed by atoms with Gasteiger partial charge in [0, 0.05) is 11.9 Å². The van der Waals surface area contributed by atoms with Gasteiger partial charge < -0.3 is 16.2 Å². The van der Waals surface area contributed by atoms with Crippen molar-refractivity contribution >= 4 is 23.3 Å². The van der Waals surface area contributed by atoms with Gasteiger partial charge in [-0.1, -0.05) is 0 Å². The number of nitrogens with zero attached hydrogens (tertiary/aromatic N) is 1. The Bertz CT molecular complexity index is 623. The second kappa shape index (κ2) is 5.18. The highest BCUT2D eigenvalue weighted by atomic mass is 16.4. The molecule has 0 radical (unpaired) electrons. The van der Waals surface area contributed by atoms with Crippen molar-refractivity contribution in [2.75, 3.05) is 11.1 Å². The monoisotopic (exact) mass is 257 g/mol. The van der Waals surface area contributed by atoms with Crippen molar-refractivity contribution in [3.05, 3.63) is 53.9 Å². The van der Waals surface area contributed by atoms with Gasteiger partial charge in [0.25, 0.3) is 5.91 Å². The zero-order valence-corrected chi connectivity index (χ0v) is 9.83. The summed E-state index contributed by atoms with van der Waals surface area (Å²) in [5.41, 5.74) is 6.67. The van der Waals surface area contributed by atoms with E-state index in [0.29, 0.717) is 5.69 Å². The van der Waals surface area contributed by atoms with Crippen molar-refractivity contribution in [3.63, 3.8) is 0 Å². The van der Waals surface area contributed by atoms with E-state index >= 15 is 0 Å². The third-order valence-electron chi connectivity index (χ3n) is 2.44. The van der Waals surface area contributed by atoms with E-state index in [4.69, 9.17) is 10.8 Å². The van der Waals surface area contributed by atoms with E-state index in [-0.39, 0.29) is 16.9 Å². The molecule has 1 aromatic carbocycles. The molecule has 0 aliphatic heterocycles. The number of aromatic nitrogens is 1.